The Hall–Kier alpha value is -5.04. The molecule has 0 bridgehead atoms. The molecule has 0 aliphatic carbocycles. The molecule has 0 N–H and O–H groups in total. The zero-order chi connectivity index (χ0) is 25.1. The fourth-order valence-corrected chi connectivity index (χ4v) is 4.53. The number of carbonyl (C=O) groups excluding carboxylic acids is 1. The van der Waals surface area contributed by atoms with Gasteiger partial charge in [0.2, 0.25) is 0 Å². The molecule has 1 saturated heterocycles. The van der Waals surface area contributed by atoms with Crippen LogP contribution in [0.5, 0.6) is 0 Å². The van der Waals surface area contributed by atoms with Gasteiger partial charge >= 0.3 is 6.03 Å². The number of nitriles is 3. The first kappa shape index (κ1) is 22.7. The van der Waals surface area contributed by atoms with Crippen molar-refractivity contribution < 1.29 is 4.79 Å². The monoisotopic (exact) mass is 472 g/mol. The summed E-state index contributed by atoms with van der Waals surface area (Å²) in [5, 5.41) is 35.7. The molecule has 4 aromatic rings. The van der Waals surface area contributed by atoms with Crippen LogP contribution in [0.25, 0.3) is 11.0 Å². The van der Waals surface area contributed by atoms with Crippen molar-refractivity contribution in [2.45, 2.75) is 6.04 Å². The zero-order valence-corrected chi connectivity index (χ0v) is 19.2. The molecular formula is C27H20N8O. The first-order valence-corrected chi connectivity index (χ1v) is 11.4. The van der Waals surface area contributed by atoms with Gasteiger partial charge in [-0.15, -0.1) is 5.10 Å². The van der Waals surface area contributed by atoms with Gasteiger partial charge in [-0.25, -0.2) is 4.79 Å². The van der Waals surface area contributed by atoms with E-state index in [1.807, 2.05) is 24.3 Å². The molecule has 5 rings (SSSR count). The van der Waals surface area contributed by atoms with Gasteiger partial charge in [0.1, 0.15) is 11.0 Å². The summed E-state index contributed by atoms with van der Waals surface area (Å²) in [5.41, 5.74) is 4.75. The topological polar surface area (TPSA) is 126 Å². The lowest BCUT2D eigenvalue weighted by Gasteiger charge is -2.39. The van der Waals surface area contributed by atoms with Gasteiger partial charge in [-0.3, -0.25) is 4.90 Å². The van der Waals surface area contributed by atoms with Crippen molar-refractivity contribution in [1.82, 2.24) is 24.8 Å². The lowest BCUT2D eigenvalue weighted by atomic mass is 9.95. The van der Waals surface area contributed by atoms with Crippen LogP contribution in [-0.4, -0.2) is 57.0 Å². The first-order chi connectivity index (χ1) is 17.6. The van der Waals surface area contributed by atoms with Gasteiger partial charge in [0, 0.05) is 26.2 Å². The molecule has 1 aliphatic rings. The lowest BCUT2D eigenvalue weighted by Crippen LogP contribution is -2.51. The standard InChI is InChI=1S/C27H20N8O/c28-16-19-1-6-22(7-2-19)26(23-8-3-20(17-29)4-9-23)33-11-13-34(14-12-33)27(36)35-25-15-21(18-30)5-10-24(25)31-32-35/h1-10,15,26H,11-14H2. The number of fused-ring (bicyclic) bond motifs is 1. The highest BCUT2D eigenvalue weighted by Crippen LogP contribution is 2.30. The number of piperazine rings is 1. The third kappa shape index (κ3) is 4.25. The highest BCUT2D eigenvalue weighted by molar-refractivity contribution is 5.88. The molecule has 0 saturated carbocycles. The number of nitrogens with zero attached hydrogens (tertiary/aromatic N) is 8. The first-order valence-electron chi connectivity index (χ1n) is 11.4. The molecule has 174 valence electrons. The van der Waals surface area contributed by atoms with Crippen molar-refractivity contribution >= 4 is 17.1 Å². The molecule has 1 aliphatic heterocycles. The molecule has 0 unspecified atom stereocenters. The van der Waals surface area contributed by atoms with Crippen LogP contribution in [0.2, 0.25) is 0 Å². The summed E-state index contributed by atoms with van der Waals surface area (Å²) >= 11 is 0. The highest BCUT2D eigenvalue weighted by Gasteiger charge is 2.29. The van der Waals surface area contributed by atoms with Crippen LogP contribution in [0.1, 0.15) is 33.9 Å². The van der Waals surface area contributed by atoms with E-state index in [0.717, 1.165) is 11.1 Å². The van der Waals surface area contributed by atoms with Crippen LogP contribution in [0.3, 0.4) is 0 Å². The SMILES string of the molecule is N#Cc1ccc(C(c2ccc(C#N)cc2)N2CCN(C(=O)n3nnc4ccc(C#N)cc43)CC2)cc1. The van der Waals surface area contributed by atoms with E-state index in [1.165, 1.54) is 4.68 Å². The van der Waals surface area contributed by atoms with Crippen molar-refractivity contribution in [2.24, 2.45) is 0 Å². The number of hydrogen-bond donors (Lipinski definition) is 0. The fourth-order valence-electron chi connectivity index (χ4n) is 4.53. The Bertz CT molecular complexity index is 1490. The van der Waals surface area contributed by atoms with Gasteiger partial charge in [0.25, 0.3) is 0 Å². The van der Waals surface area contributed by atoms with E-state index in [1.54, 1.807) is 47.4 Å². The van der Waals surface area contributed by atoms with Crippen molar-refractivity contribution in [3.63, 3.8) is 0 Å². The Morgan fingerprint density at radius 2 is 1.28 bits per heavy atom. The minimum Gasteiger partial charge on any atom is -0.320 e. The van der Waals surface area contributed by atoms with Gasteiger partial charge < -0.3 is 4.90 Å². The van der Waals surface area contributed by atoms with E-state index >= 15 is 0 Å². The van der Waals surface area contributed by atoms with E-state index in [0.29, 0.717) is 53.9 Å². The molecule has 9 heteroatoms. The van der Waals surface area contributed by atoms with Crippen molar-refractivity contribution in [1.29, 1.82) is 15.8 Å². The lowest BCUT2D eigenvalue weighted by molar-refractivity contribution is 0.120. The van der Waals surface area contributed by atoms with Gasteiger partial charge in [-0.1, -0.05) is 29.5 Å². The maximum Gasteiger partial charge on any atom is 0.346 e. The zero-order valence-electron chi connectivity index (χ0n) is 19.2. The average molecular weight is 473 g/mol. The van der Waals surface area contributed by atoms with Gasteiger partial charge in [-0.05, 0) is 53.6 Å². The molecule has 1 aromatic heterocycles. The number of rotatable bonds is 3. The van der Waals surface area contributed by atoms with E-state index in [4.69, 9.17) is 0 Å². The summed E-state index contributed by atoms with van der Waals surface area (Å²) < 4.78 is 1.25. The summed E-state index contributed by atoms with van der Waals surface area (Å²) in [6.07, 6.45) is 0. The Balaban J connectivity index is 1.38. The number of hydrogen-bond acceptors (Lipinski definition) is 7. The van der Waals surface area contributed by atoms with Crippen LogP contribution >= 0.6 is 0 Å². The molecule has 2 heterocycles. The van der Waals surface area contributed by atoms with Crippen LogP contribution < -0.4 is 0 Å². The van der Waals surface area contributed by atoms with E-state index in [2.05, 4.69) is 33.4 Å². The summed E-state index contributed by atoms with van der Waals surface area (Å²) in [5.74, 6) is 0. The molecule has 1 fully saturated rings. The molecule has 36 heavy (non-hydrogen) atoms. The summed E-state index contributed by atoms with van der Waals surface area (Å²) in [7, 11) is 0. The third-order valence-corrected chi connectivity index (χ3v) is 6.42. The molecule has 0 atom stereocenters. The van der Waals surface area contributed by atoms with Gasteiger partial charge in [0.15, 0.2) is 0 Å². The smallest absolute Gasteiger partial charge is 0.320 e. The maximum atomic E-state index is 13.3. The number of benzene rings is 3. The van der Waals surface area contributed by atoms with Crippen LogP contribution in [0.15, 0.2) is 66.7 Å². The van der Waals surface area contributed by atoms with Gasteiger partial charge in [0.05, 0.1) is 40.9 Å². The van der Waals surface area contributed by atoms with Crippen LogP contribution in [0.4, 0.5) is 4.79 Å². The molecule has 3 aromatic carbocycles. The number of amides is 1. The van der Waals surface area contributed by atoms with Gasteiger partial charge in [-0.2, -0.15) is 20.5 Å². The van der Waals surface area contributed by atoms with Crippen molar-refractivity contribution in [3.8, 4) is 18.2 Å². The molecule has 1 amide bonds. The molecule has 0 radical (unpaired) electrons. The largest absolute Gasteiger partial charge is 0.346 e. The Morgan fingerprint density at radius 3 is 1.81 bits per heavy atom. The van der Waals surface area contributed by atoms with E-state index in [9.17, 15) is 20.6 Å². The Labute approximate surface area is 207 Å². The predicted molar refractivity (Wildman–Crippen MR) is 130 cm³/mol. The molecular weight excluding hydrogens is 452 g/mol. The second kappa shape index (κ2) is 9.68. The normalized spacial score (nSPS) is 13.8. The predicted octanol–water partition coefficient (Wildman–Crippen LogP) is 3.42. The fraction of sp³-hybridized carbons (Fsp3) is 0.185. The third-order valence-electron chi connectivity index (χ3n) is 6.42. The quantitative estimate of drug-likeness (QED) is 0.447. The van der Waals surface area contributed by atoms with E-state index < -0.39 is 0 Å². The number of carbonyl (C=O) groups is 1. The Morgan fingerprint density at radius 1 is 0.750 bits per heavy atom. The van der Waals surface area contributed by atoms with Crippen LogP contribution in [-0.2, 0) is 0 Å². The highest BCUT2D eigenvalue weighted by atomic mass is 16.2. The number of aromatic nitrogens is 3. The van der Waals surface area contributed by atoms with Crippen molar-refractivity contribution in [3.05, 3.63) is 94.5 Å². The van der Waals surface area contributed by atoms with Crippen LogP contribution in [0, 0.1) is 34.0 Å². The average Bonchev–Trinajstić information content (AvgIpc) is 3.37. The summed E-state index contributed by atoms with van der Waals surface area (Å²) in [6.45, 7) is 2.21. The second-order valence-electron chi connectivity index (χ2n) is 8.49. The summed E-state index contributed by atoms with van der Waals surface area (Å²) in [6, 6.07) is 26.0. The second-order valence-corrected chi connectivity index (χ2v) is 8.49. The Kier molecular flexibility index (Phi) is 6.11. The van der Waals surface area contributed by atoms with Crippen molar-refractivity contribution in [2.75, 3.05) is 26.2 Å². The molecule has 0 spiro atoms. The summed E-state index contributed by atoms with van der Waals surface area (Å²) in [4.78, 5) is 17.3. The molecule has 9 nitrogen and oxygen atoms in total. The van der Waals surface area contributed by atoms with E-state index in [-0.39, 0.29) is 12.1 Å². The minimum atomic E-state index is -0.277. The maximum absolute atomic E-state index is 13.3. The minimum absolute atomic E-state index is 0.0897.